The molecule has 0 unspecified atom stereocenters. The molecule has 3 aliphatic heterocycles. The lowest BCUT2D eigenvalue weighted by Crippen LogP contribution is -2.27. The van der Waals surface area contributed by atoms with Crippen LogP contribution in [0.2, 0.25) is 0 Å². The summed E-state index contributed by atoms with van der Waals surface area (Å²) in [5, 5.41) is 1.45. The zero-order chi connectivity index (χ0) is 57.0. The maximum Gasteiger partial charge on any atom is 0.425 e. The first kappa shape index (κ1) is 66.6. The first-order chi connectivity index (χ1) is 33.6. The molecule has 34 heteroatoms. The fourth-order valence-electron chi connectivity index (χ4n) is 8.01. The van der Waals surface area contributed by atoms with Crippen molar-refractivity contribution < 1.29 is 98.2 Å². The molecule has 1 saturated heterocycles. The van der Waals surface area contributed by atoms with E-state index in [9.17, 15) is 64.2 Å². The quantitative estimate of drug-likeness (QED) is 0.0900. The van der Waals surface area contributed by atoms with E-state index in [0.717, 1.165) is 29.1 Å². The minimum absolute atomic E-state index is 0. The Morgan fingerprint density at radius 2 is 1.12 bits per heavy atom. The highest BCUT2D eigenvalue weighted by Crippen LogP contribution is 2.47. The minimum atomic E-state index is -4.72. The summed E-state index contributed by atoms with van der Waals surface area (Å²) in [4.78, 5) is 3.04. The van der Waals surface area contributed by atoms with Gasteiger partial charge < -0.3 is 4.55 Å². The molecule has 26 nitrogen and oxygen atoms in total. The summed E-state index contributed by atoms with van der Waals surface area (Å²) in [6.07, 6.45) is 0.740. The zero-order valence-corrected chi connectivity index (χ0v) is 47.0. The molecule has 0 radical (unpaired) electrons. The second-order valence-electron chi connectivity index (χ2n) is 17.1. The molecule has 4 N–H and O–H groups in total. The van der Waals surface area contributed by atoms with Gasteiger partial charge in [-0.3, -0.25) is 18.3 Å². The van der Waals surface area contributed by atoms with Crippen molar-refractivity contribution in [3.05, 3.63) is 59.7 Å². The van der Waals surface area contributed by atoms with E-state index >= 15 is 0 Å². The fraction of sp³-hybridized carbons (Fsp3) is 0.463. The molecule has 0 aliphatic carbocycles. The van der Waals surface area contributed by atoms with Crippen LogP contribution in [0.3, 0.4) is 0 Å². The number of aliphatic imine (C=N–C) groups is 1. The molecule has 0 atom stereocenters. The predicted molar refractivity (Wildman–Crippen MR) is 273 cm³/mol. The number of hydrogen-bond acceptors (Lipinski definition) is 21. The third-order valence-corrected chi connectivity index (χ3v) is 18.5. The van der Waals surface area contributed by atoms with Crippen LogP contribution in [-0.2, 0) is 96.7 Å². The predicted octanol–water partition coefficient (Wildman–Crippen LogP) is 2.85. The Balaban J connectivity index is 0.000000403. The van der Waals surface area contributed by atoms with Gasteiger partial charge >= 0.3 is 21.2 Å². The van der Waals surface area contributed by atoms with Crippen LogP contribution in [0, 0.1) is 0 Å². The first-order valence-corrected chi connectivity index (χ1v) is 32.3. The average molecular weight is 1210 g/mol. The van der Waals surface area contributed by atoms with Crippen LogP contribution in [0.25, 0.3) is 21.5 Å². The summed E-state index contributed by atoms with van der Waals surface area (Å²) in [6.45, 7) is 15.4. The molecule has 75 heavy (non-hydrogen) atoms. The Morgan fingerprint density at radius 1 is 0.693 bits per heavy atom. The summed E-state index contributed by atoms with van der Waals surface area (Å²) in [5.41, 5.74) is 3.18. The molecule has 0 spiro atoms. The second-order valence-corrected chi connectivity index (χ2v) is 27.5. The number of nitrogens with zero attached hydrogens (tertiary/aromatic N) is 2. The van der Waals surface area contributed by atoms with Gasteiger partial charge in [0.2, 0.25) is 25.7 Å². The minimum Gasteiger partial charge on any atom is -0.748 e. The summed E-state index contributed by atoms with van der Waals surface area (Å²) >= 11 is 0. The Hall–Kier alpha value is -4.56. The van der Waals surface area contributed by atoms with Crippen molar-refractivity contribution in [2.45, 2.75) is 106 Å². The Bertz CT molecular complexity index is 3850. The lowest BCUT2D eigenvalue weighted by molar-refractivity contribution is -0.438. The van der Waals surface area contributed by atoms with Gasteiger partial charge in [0.1, 0.15) is 6.54 Å². The van der Waals surface area contributed by atoms with E-state index in [2.05, 4.69) is 18.6 Å². The highest BCUT2D eigenvalue weighted by atomic mass is 32.2. The van der Waals surface area contributed by atoms with Crippen LogP contribution in [-0.4, -0.2) is 143 Å². The van der Waals surface area contributed by atoms with E-state index in [1.165, 1.54) is 12.1 Å². The second kappa shape index (κ2) is 24.8. The van der Waals surface area contributed by atoms with Crippen LogP contribution >= 0.6 is 0 Å². The maximum atomic E-state index is 12.9. The molecular formula is C41H56N4O22S8. The molecule has 0 aromatic heterocycles. The molecule has 420 valence electrons. The van der Waals surface area contributed by atoms with Gasteiger partial charge in [0.05, 0.1) is 53.2 Å². The van der Waals surface area contributed by atoms with E-state index in [-0.39, 0.29) is 54.4 Å². The van der Waals surface area contributed by atoms with Crippen molar-refractivity contribution in [3.8, 4) is 0 Å². The average Bonchev–Trinajstić information content (AvgIpc) is 3.82. The Morgan fingerprint density at radius 3 is 1.48 bits per heavy atom. The monoisotopic (exact) mass is 1210 g/mol. The number of benzene rings is 4. The fourth-order valence-corrected chi connectivity index (χ4v) is 13.2. The van der Waals surface area contributed by atoms with E-state index in [1.807, 2.05) is 46.1 Å². The van der Waals surface area contributed by atoms with E-state index in [0.29, 0.717) is 46.1 Å². The summed E-state index contributed by atoms with van der Waals surface area (Å²) in [5.74, 6) is -0.328. The normalized spacial score (nSPS) is 16.2. The highest BCUT2D eigenvalue weighted by molar-refractivity contribution is 7.90. The van der Waals surface area contributed by atoms with Crippen LogP contribution in [0.5, 0.6) is 0 Å². The standard InChI is InChI=1S/C20H26N2O8S3.C17H20N2O5S2.C3H6O3S.CH4.2O3S/c1-5-21-32(26,27)18-12-14(33(28,29)30)11-16-15(18)7-8-17-19(16)20(3,4)13(2)22(17)9-6-10-31(23,24)25;1-5-18-25(20,21)15-9-11(26(22,23)24)8-13-12(15)6-7-14-16(13)17(3,4)10(2)19-14;4-7(5)3-1-2-6-7;;2*1-4(2)3/h7-8,11-12,21H,5-6,9-10H2,1-4H3,(H-,23,24,25,28,29,30);6-9,18H,5H2,1-4H3,(H,22,23,24);1-3H2;1H4;;. The van der Waals surface area contributed by atoms with E-state index in [1.54, 1.807) is 38.1 Å². The molecule has 3 aliphatic rings. The number of fused-ring (bicyclic) bond motifs is 6. The molecule has 3 heterocycles. The topological polar surface area (TPSA) is 419 Å². The van der Waals surface area contributed by atoms with Crippen molar-refractivity contribution in [2.75, 3.05) is 37.7 Å². The highest BCUT2D eigenvalue weighted by Gasteiger charge is 2.45. The third-order valence-electron chi connectivity index (χ3n) is 11.6. The van der Waals surface area contributed by atoms with Crippen molar-refractivity contribution in [1.29, 1.82) is 0 Å². The molecular weight excluding hydrogens is 1160 g/mol. The number of sulfonamides is 2. The number of hydrogen-bond donors (Lipinski definition) is 4. The van der Waals surface area contributed by atoms with Crippen LogP contribution in [0.1, 0.15) is 86.8 Å². The third kappa shape index (κ3) is 16.7. The van der Waals surface area contributed by atoms with Crippen LogP contribution in [0.4, 0.5) is 11.4 Å². The molecule has 4 aromatic rings. The molecule has 0 amide bonds. The molecule has 1 fully saturated rings. The first-order valence-electron chi connectivity index (χ1n) is 21.3. The number of nitrogens with one attached hydrogen (secondary N) is 2. The van der Waals surface area contributed by atoms with Crippen LogP contribution < -0.4 is 9.44 Å². The van der Waals surface area contributed by atoms with Crippen molar-refractivity contribution >= 4 is 126 Å². The van der Waals surface area contributed by atoms with E-state index in [4.69, 9.17) is 25.3 Å². The molecule has 0 saturated carbocycles. The lowest BCUT2D eigenvalue weighted by Gasteiger charge is -2.23. The summed E-state index contributed by atoms with van der Waals surface area (Å²) in [6, 6.07) is 11.1. The summed E-state index contributed by atoms with van der Waals surface area (Å²) < 4.78 is 233. The van der Waals surface area contributed by atoms with Gasteiger partial charge in [-0.2, -0.15) is 29.8 Å². The van der Waals surface area contributed by atoms with E-state index < -0.39 is 108 Å². The van der Waals surface area contributed by atoms with Gasteiger partial charge in [0, 0.05) is 65.7 Å². The largest absolute Gasteiger partial charge is 0.748 e. The molecule has 7 rings (SSSR count). The lowest BCUT2D eigenvalue weighted by atomic mass is 9.80. The summed E-state index contributed by atoms with van der Waals surface area (Å²) in [7, 11) is -31.0. The zero-order valence-electron chi connectivity index (χ0n) is 40.5. The SMILES string of the molecule is C.CCNS(=O)(=O)c1cc(S(=O)(=O)O)cc2c3c(ccc12)N=C(C)C3(C)C.CCNS(=O)(=O)c1cc(S(=O)(=O)O)cc2c3c(ccc12)[N+](CCCS(=O)(=O)[O-])=C(C)C3(C)C.O=S(=O)=O.O=S(=O)=O.O=S1(=O)CCCO1. The van der Waals surface area contributed by atoms with Gasteiger partial charge in [-0.15, -0.1) is 25.3 Å². The van der Waals surface area contributed by atoms with Crippen molar-refractivity contribution in [3.63, 3.8) is 0 Å². The van der Waals surface area contributed by atoms with Gasteiger partial charge in [0.15, 0.2) is 5.71 Å². The Kier molecular flexibility index (Phi) is 22.0. The van der Waals surface area contributed by atoms with Gasteiger partial charge in [-0.05, 0) is 79.9 Å². The number of rotatable bonds is 12. The van der Waals surface area contributed by atoms with Gasteiger partial charge in [-0.25, -0.2) is 34.7 Å². The van der Waals surface area contributed by atoms with Gasteiger partial charge in [-0.1, -0.05) is 41.2 Å². The van der Waals surface area contributed by atoms with Crippen molar-refractivity contribution in [2.24, 2.45) is 4.99 Å². The molecule has 0 bridgehead atoms. The maximum absolute atomic E-state index is 12.9. The van der Waals surface area contributed by atoms with Crippen LogP contribution in [0.15, 0.2) is 73.1 Å². The Labute approximate surface area is 439 Å². The molecule has 4 aromatic carbocycles. The smallest absolute Gasteiger partial charge is 0.425 e. The van der Waals surface area contributed by atoms with Crippen molar-refractivity contribution in [1.82, 2.24) is 9.44 Å². The van der Waals surface area contributed by atoms with Gasteiger partial charge in [0.25, 0.3) is 30.4 Å².